The molecular formula is C14H21N3OS. The molecule has 0 saturated heterocycles. The van der Waals surface area contributed by atoms with E-state index in [9.17, 15) is 4.79 Å². The van der Waals surface area contributed by atoms with Crippen molar-refractivity contribution < 1.29 is 4.79 Å². The van der Waals surface area contributed by atoms with Crippen molar-refractivity contribution in [2.24, 2.45) is 11.5 Å². The van der Waals surface area contributed by atoms with Crippen molar-refractivity contribution in [2.45, 2.75) is 26.7 Å². The van der Waals surface area contributed by atoms with Crippen LogP contribution in [0.5, 0.6) is 0 Å². The number of unbranched alkanes of at least 4 members (excludes halogenated alkanes) is 1. The fraction of sp³-hybridized carbons (Fsp3) is 0.429. The number of hydrogen-bond acceptors (Lipinski definition) is 3. The molecule has 0 atom stereocenters. The first kappa shape index (κ1) is 15.4. The summed E-state index contributed by atoms with van der Waals surface area (Å²) in [5.41, 5.74) is 13.8. The molecule has 0 aliphatic carbocycles. The maximum absolute atomic E-state index is 11.1. The fourth-order valence-corrected chi connectivity index (χ4v) is 2.19. The van der Waals surface area contributed by atoms with Gasteiger partial charge in [-0.15, -0.1) is 0 Å². The minimum atomic E-state index is -0.327. The molecule has 19 heavy (non-hydrogen) atoms. The molecule has 104 valence electrons. The van der Waals surface area contributed by atoms with E-state index < -0.39 is 0 Å². The van der Waals surface area contributed by atoms with Crippen LogP contribution >= 0.6 is 12.2 Å². The van der Waals surface area contributed by atoms with Crippen LogP contribution in [0.4, 0.5) is 5.69 Å². The molecule has 0 spiro atoms. The van der Waals surface area contributed by atoms with Crippen LogP contribution < -0.4 is 16.4 Å². The summed E-state index contributed by atoms with van der Waals surface area (Å²) in [7, 11) is 0. The van der Waals surface area contributed by atoms with Crippen LogP contribution in [0.1, 0.15) is 30.9 Å². The molecule has 1 aromatic rings. The summed E-state index contributed by atoms with van der Waals surface area (Å²) in [5.74, 6) is -0.327. The van der Waals surface area contributed by atoms with Crippen molar-refractivity contribution in [1.29, 1.82) is 0 Å². The van der Waals surface area contributed by atoms with Gasteiger partial charge in [0.2, 0.25) is 5.91 Å². The molecule has 0 saturated carbocycles. The lowest BCUT2D eigenvalue weighted by molar-refractivity contribution is -0.116. The van der Waals surface area contributed by atoms with Gasteiger partial charge in [0, 0.05) is 17.8 Å². The van der Waals surface area contributed by atoms with Crippen LogP contribution in [0, 0.1) is 6.92 Å². The molecule has 4 nitrogen and oxygen atoms in total. The predicted octanol–water partition coefficient (Wildman–Crippen LogP) is 1.72. The first-order valence-electron chi connectivity index (χ1n) is 6.39. The lowest BCUT2D eigenvalue weighted by atomic mass is 10.1. The van der Waals surface area contributed by atoms with Gasteiger partial charge in [0.15, 0.2) is 0 Å². The summed E-state index contributed by atoms with van der Waals surface area (Å²) in [6.07, 6.45) is 2.09. The molecule has 0 aromatic heterocycles. The second kappa shape index (κ2) is 7.09. The van der Waals surface area contributed by atoms with E-state index >= 15 is 0 Å². The largest absolute Gasteiger partial charge is 0.389 e. The number of hydrogen-bond donors (Lipinski definition) is 2. The average molecular weight is 279 g/mol. The topological polar surface area (TPSA) is 72.3 Å². The quantitative estimate of drug-likeness (QED) is 0.745. The summed E-state index contributed by atoms with van der Waals surface area (Å²) in [5, 5.41) is 0. The minimum Gasteiger partial charge on any atom is -0.389 e. The third-order valence-electron chi connectivity index (χ3n) is 2.97. The summed E-state index contributed by atoms with van der Waals surface area (Å²) in [4.78, 5) is 13.5. The number of rotatable bonds is 7. The highest BCUT2D eigenvalue weighted by atomic mass is 32.1. The monoisotopic (exact) mass is 279 g/mol. The highest BCUT2D eigenvalue weighted by Crippen LogP contribution is 2.19. The van der Waals surface area contributed by atoms with Gasteiger partial charge in [-0.3, -0.25) is 4.79 Å². The van der Waals surface area contributed by atoms with Crippen LogP contribution in [-0.2, 0) is 4.79 Å². The first-order valence-corrected chi connectivity index (χ1v) is 6.80. The Morgan fingerprint density at radius 3 is 2.53 bits per heavy atom. The Hall–Kier alpha value is -1.62. The number of thiocarbonyl (C=S) groups is 1. The van der Waals surface area contributed by atoms with Gasteiger partial charge in [-0.1, -0.05) is 25.6 Å². The molecule has 0 fully saturated rings. The van der Waals surface area contributed by atoms with E-state index in [-0.39, 0.29) is 12.5 Å². The number of primary amides is 1. The van der Waals surface area contributed by atoms with Crippen molar-refractivity contribution in [1.82, 2.24) is 0 Å². The number of amides is 1. The van der Waals surface area contributed by atoms with Gasteiger partial charge < -0.3 is 16.4 Å². The van der Waals surface area contributed by atoms with Gasteiger partial charge in [0.25, 0.3) is 0 Å². The Morgan fingerprint density at radius 1 is 1.37 bits per heavy atom. The zero-order valence-corrected chi connectivity index (χ0v) is 12.3. The van der Waals surface area contributed by atoms with E-state index in [0.29, 0.717) is 4.99 Å². The van der Waals surface area contributed by atoms with Crippen LogP contribution in [-0.4, -0.2) is 24.0 Å². The first-order chi connectivity index (χ1) is 8.95. The van der Waals surface area contributed by atoms with Crippen molar-refractivity contribution in [2.75, 3.05) is 18.0 Å². The summed E-state index contributed by atoms with van der Waals surface area (Å²) in [6.45, 7) is 5.11. The molecule has 0 aliphatic heterocycles. The molecule has 1 rings (SSSR count). The van der Waals surface area contributed by atoms with E-state index in [1.165, 1.54) is 0 Å². The minimum absolute atomic E-state index is 0.228. The number of carbonyl (C=O) groups is 1. The summed E-state index contributed by atoms with van der Waals surface area (Å²) in [6, 6.07) is 5.82. The highest BCUT2D eigenvalue weighted by molar-refractivity contribution is 7.80. The van der Waals surface area contributed by atoms with Crippen molar-refractivity contribution in [3.63, 3.8) is 0 Å². The average Bonchev–Trinajstić information content (AvgIpc) is 2.33. The van der Waals surface area contributed by atoms with Gasteiger partial charge >= 0.3 is 0 Å². The fourth-order valence-electron chi connectivity index (χ4n) is 1.96. The number of benzene rings is 1. The van der Waals surface area contributed by atoms with Crippen LogP contribution in [0.2, 0.25) is 0 Å². The van der Waals surface area contributed by atoms with E-state index in [1.54, 1.807) is 0 Å². The molecular weight excluding hydrogens is 258 g/mol. The van der Waals surface area contributed by atoms with Gasteiger partial charge in [-0.05, 0) is 37.1 Å². The third-order valence-corrected chi connectivity index (χ3v) is 3.19. The van der Waals surface area contributed by atoms with Gasteiger partial charge in [0.05, 0.1) is 6.54 Å². The van der Waals surface area contributed by atoms with E-state index in [4.69, 9.17) is 23.7 Å². The van der Waals surface area contributed by atoms with E-state index in [0.717, 1.165) is 36.2 Å². The highest BCUT2D eigenvalue weighted by Gasteiger charge is 2.11. The van der Waals surface area contributed by atoms with Crippen LogP contribution in [0.3, 0.4) is 0 Å². The molecule has 0 unspecified atom stereocenters. The number of nitrogens with two attached hydrogens (primary N) is 2. The zero-order valence-electron chi connectivity index (χ0n) is 11.5. The maximum atomic E-state index is 11.1. The lowest BCUT2D eigenvalue weighted by Crippen LogP contribution is -2.34. The second-order valence-corrected chi connectivity index (χ2v) is 5.04. The van der Waals surface area contributed by atoms with Crippen LogP contribution in [0.25, 0.3) is 0 Å². The summed E-state index contributed by atoms with van der Waals surface area (Å²) < 4.78 is 0. The zero-order chi connectivity index (χ0) is 14.4. The SMILES string of the molecule is CCCCN(CC(N)=O)c1ccc(C(N)=S)c(C)c1. The van der Waals surface area contributed by atoms with E-state index in [2.05, 4.69) is 6.92 Å². The number of aryl methyl sites for hydroxylation is 1. The Kier molecular flexibility index (Phi) is 5.76. The van der Waals surface area contributed by atoms with Gasteiger partial charge in [-0.25, -0.2) is 0 Å². The molecule has 1 aromatic carbocycles. The van der Waals surface area contributed by atoms with Crippen LogP contribution in [0.15, 0.2) is 18.2 Å². The molecule has 1 amide bonds. The number of nitrogens with zero attached hydrogens (tertiary/aromatic N) is 1. The number of anilines is 1. The van der Waals surface area contributed by atoms with Crippen molar-refractivity contribution in [3.05, 3.63) is 29.3 Å². The summed E-state index contributed by atoms with van der Waals surface area (Å²) >= 11 is 4.99. The number of carbonyl (C=O) groups excluding carboxylic acids is 1. The van der Waals surface area contributed by atoms with Crippen molar-refractivity contribution in [3.8, 4) is 0 Å². The van der Waals surface area contributed by atoms with Crippen molar-refractivity contribution >= 4 is 28.8 Å². The van der Waals surface area contributed by atoms with Gasteiger partial charge in [0.1, 0.15) is 4.99 Å². The molecule has 0 bridgehead atoms. The second-order valence-electron chi connectivity index (χ2n) is 4.60. The smallest absolute Gasteiger partial charge is 0.236 e. The Balaban J connectivity index is 2.98. The molecule has 0 aliphatic rings. The standard InChI is InChI=1S/C14H21N3OS/c1-3-4-7-17(9-13(15)18)11-5-6-12(14(16)19)10(2)8-11/h5-6,8H,3-4,7,9H2,1-2H3,(H2,15,18)(H2,16,19). The lowest BCUT2D eigenvalue weighted by Gasteiger charge is -2.24. The molecule has 4 N–H and O–H groups in total. The molecule has 5 heteroatoms. The normalized spacial score (nSPS) is 10.2. The Morgan fingerprint density at radius 2 is 2.05 bits per heavy atom. The maximum Gasteiger partial charge on any atom is 0.236 e. The van der Waals surface area contributed by atoms with E-state index in [1.807, 2.05) is 30.0 Å². The molecule has 0 heterocycles. The van der Waals surface area contributed by atoms with Gasteiger partial charge in [-0.2, -0.15) is 0 Å². The Labute approximate surface area is 119 Å². The predicted molar refractivity (Wildman–Crippen MR) is 83.4 cm³/mol. The molecule has 0 radical (unpaired) electrons. The third kappa shape index (κ3) is 4.52. The Bertz CT molecular complexity index is 474.